The summed E-state index contributed by atoms with van der Waals surface area (Å²) < 4.78 is 0. The van der Waals surface area contributed by atoms with Gasteiger partial charge in [0.25, 0.3) is 0 Å². The van der Waals surface area contributed by atoms with E-state index in [0.29, 0.717) is 5.75 Å². The molecular weight excluding hydrogens is 382 g/mol. The van der Waals surface area contributed by atoms with Gasteiger partial charge in [0.15, 0.2) is 0 Å². The van der Waals surface area contributed by atoms with Crippen LogP contribution >= 0.6 is 11.8 Å². The van der Waals surface area contributed by atoms with Gasteiger partial charge in [0, 0.05) is 37.5 Å². The maximum absolute atomic E-state index is 13.0. The lowest BCUT2D eigenvalue weighted by Crippen LogP contribution is -2.53. The molecule has 1 aromatic carbocycles. The normalized spacial score (nSPS) is 23.1. The molecule has 2 amide bonds. The monoisotopic (exact) mass is 415 g/mol. The van der Waals surface area contributed by atoms with Crippen molar-refractivity contribution in [3.05, 3.63) is 47.5 Å². The smallest absolute Gasteiger partial charge is 0.248 e. The zero-order valence-corrected chi connectivity index (χ0v) is 18.6. The molecule has 0 aliphatic carbocycles. The zero-order valence-electron chi connectivity index (χ0n) is 17.8. The van der Waals surface area contributed by atoms with Crippen molar-refractivity contribution >= 4 is 23.6 Å². The summed E-state index contributed by atoms with van der Waals surface area (Å²) in [7, 11) is 0. The average molecular weight is 416 g/mol. The van der Waals surface area contributed by atoms with Gasteiger partial charge in [0.05, 0.1) is 5.37 Å². The Bertz CT molecular complexity index is 725. The molecule has 0 spiro atoms. The van der Waals surface area contributed by atoms with Gasteiger partial charge in [0.1, 0.15) is 6.04 Å². The molecule has 0 radical (unpaired) electrons. The van der Waals surface area contributed by atoms with E-state index in [4.69, 9.17) is 0 Å². The Kier molecular flexibility index (Phi) is 7.78. The number of carbonyl (C=O) groups is 2. The number of hydrogen-bond acceptors (Lipinski definition) is 4. The molecule has 29 heavy (non-hydrogen) atoms. The van der Waals surface area contributed by atoms with E-state index >= 15 is 0 Å². The Morgan fingerprint density at radius 2 is 1.86 bits per heavy atom. The third kappa shape index (κ3) is 5.86. The summed E-state index contributed by atoms with van der Waals surface area (Å²) >= 11 is 1.71. The number of thioether (sulfide) groups is 1. The molecule has 2 heterocycles. The van der Waals surface area contributed by atoms with E-state index in [2.05, 4.69) is 41.4 Å². The average Bonchev–Trinajstić information content (AvgIpc) is 3.14. The lowest BCUT2D eigenvalue weighted by Gasteiger charge is -2.34. The second kappa shape index (κ2) is 10.3. The van der Waals surface area contributed by atoms with Crippen LogP contribution in [0.4, 0.5) is 0 Å². The molecule has 0 bridgehead atoms. The first kappa shape index (κ1) is 21.9. The second-order valence-electron chi connectivity index (χ2n) is 8.22. The SMILES string of the molecule is CCC1SCC(C(=O)NC2CCN(Cc3ccccc3)CC2)N1C(=O)C=C(C)C. The van der Waals surface area contributed by atoms with E-state index in [0.717, 1.165) is 44.5 Å². The Labute approximate surface area is 178 Å². The van der Waals surface area contributed by atoms with Gasteiger partial charge in [-0.15, -0.1) is 11.8 Å². The topological polar surface area (TPSA) is 52.7 Å². The molecule has 2 aliphatic heterocycles. The number of amides is 2. The van der Waals surface area contributed by atoms with E-state index in [1.54, 1.807) is 22.7 Å². The van der Waals surface area contributed by atoms with Crippen molar-refractivity contribution in [1.82, 2.24) is 15.1 Å². The Morgan fingerprint density at radius 1 is 1.17 bits per heavy atom. The number of nitrogens with one attached hydrogen (secondary N) is 1. The fourth-order valence-corrected chi connectivity index (χ4v) is 5.44. The van der Waals surface area contributed by atoms with Crippen molar-refractivity contribution in [3.8, 4) is 0 Å². The number of benzene rings is 1. The van der Waals surface area contributed by atoms with Crippen LogP contribution in [-0.4, -0.2) is 57.9 Å². The molecule has 1 aromatic rings. The molecule has 1 N–H and O–H groups in total. The molecule has 2 unspecified atom stereocenters. The molecule has 5 nitrogen and oxygen atoms in total. The maximum atomic E-state index is 13.0. The number of carbonyl (C=O) groups excluding carboxylic acids is 2. The minimum Gasteiger partial charge on any atom is -0.351 e. The second-order valence-corrected chi connectivity index (χ2v) is 9.43. The van der Waals surface area contributed by atoms with Gasteiger partial charge in [-0.25, -0.2) is 0 Å². The predicted molar refractivity (Wildman–Crippen MR) is 119 cm³/mol. The Balaban J connectivity index is 1.53. The van der Waals surface area contributed by atoms with Crippen LogP contribution in [0.3, 0.4) is 0 Å². The number of allylic oxidation sites excluding steroid dienone is 1. The fourth-order valence-electron chi connectivity index (χ4n) is 4.07. The highest BCUT2D eigenvalue weighted by atomic mass is 32.2. The first-order valence-corrected chi connectivity index (χ1v) is 11.7. The molecule has 0 saturated carbocycles. The van der Waals surface area contributed by atoms with Crippen molar-refractivity contribution in [2.24, 2.45) is 0 Å². The first-order chi connectivity index (χ1) is 14.0. The summed E-state index contributed by atoms with van der Waals surface area (Å²) in [6, 6.07) is 10.3. The van der Waals surface area contributed by atoms with Crippen LogP contribution in [0, 0.1) is 0 Å². The fraction of sp³-hybridized carbons (Fsp3) is 0.565. The van der Waals surface area contributed by atoms with E-state index in [1.807, 2.05) is 19.9 Å². The molecule has 3 rings (SSSR count). The van der Waals surface area contributed by atoms with Crippen molar-refractivity contribution in [2.45, 2.75) is 64.0 Å². The van der Waals surface area contributed by atoms with Crippen LogP contribution in [0.1, 0.15) is 45.6 Å². The zero-order chi connectivity index (χ0) is 20.8. The predicted octanol–water partition coefficient (Wildman–Crippen LogP) is 3.41. The van der Waals surface area contributed by atoms with Crippen LogP contribution in [0.2, 0.25) is 0 Å². The molecule has 2 fully saturated rings. The molecule has 158 valence electrons. The van der Waals surface area contributed by atoms with Crippen molar-refractivity contribution < 1.29 is 9.59 Å². The van der Waals surface area contributed by atoms with Gasteiger partial charge in [-0.3, -0.25) is 14.5 Å². The summed E-state index contributed by atoms with van der Waals surface area (Å²) in [5.41, 5.74) is 2.30. The molecule has 6 heteroatoms. The van der Waals surface area contributed by atoms with Crippen molar-refractivity contribution in [3.63, 3.8) is 0 Å². The number of nitrogens with zero attached hydrogens (tertiary/aromatic N) is 2. The van der Waals surface area contributed by atoms with Crippen LogP contribution in [0.5, 0.6) is 0 Å². The summed E-state index contributed by atoms with van der Waals surface area (Å²) in [6.45, 7) is 8.84. The summed E-state index contributed by atoms with van der Waals surface area (Å²) in [4.78, 5) is 29.9. The summed E-state index contributed by atoms with van der Waals surface area (Å²) in [5, 5.41) is 3.32. The molecule has 2 atom stereocenters. The van der Waals surface area contributed by atoms with Crippen LogP contribution in [0.15, 0.2) is 42.0 Å². The van der Waals surface area contributed by atoms with Crippen molar-refractivity contribution in [2.75, 3.05) is 18.8 Å². The van der Waals surface area contributed by atoms with E-state index in [1.165, 1.54) is 5.56 Å². The lowest BCUT2D eigenvalue weighted by molar-refractivity contribution is -0.136. The minimum absolute atomic E-state index is 0.00506. The number of hydrogen-bond donors (Lipinski definition) is 1. The minimum atomic E-state index is -0.365. The van der Waals surface area contributed by atoms with Crippen molar-refractivity contribution in [1.29, 1.82) is 0 Å². The van der Waals surface area contributed by atoms with Gasteiger partial charge >= 0.3 is 0 Å². The van der Waals surface area contributed by atoms with Gasteiger partial charge in [0.2, 0.25) is 11.8 Å². The third-order valence-electron chi connectivity index (χ3n) is 5.59. The number of rotatable bonds is 6. The maximum Gasteiger partial charge on any atom is 0.248 e. The number of piperidine rings is 1. The molecule has 2 saturated heterocycles. The highest BCUT2D eigenvalue weighted by Crippen LogP contribution is 2.32. The Morgan fingerprint density at radius 3 is 2.48 bits per heavy atom. The highest BCUT2D eigenvalue weighted by molar-refractivity contribution is 8.00. The molecule has 0 aromatic heterocycles. The van der Waals surface area contributed by atoms with Gasteiger partial charge in [-0.2, -0.15) is 0 Å². The van der Waals surface area contributed by atoms with E-state index in [9.17, 15) is 9.59 Å². The lowest BCUT2D eigenvalue weighted by atomic mass is 10.0. The first-order valence-electron chi connectivity index (χ1n) is 10.6. The highest BCUT2D eigenvalue weighted by Gasteiger charge is 2.40. The van der Waals surface area contributed by atoms with Gasteiger partial charge in [-0.05, 0) is 38.7 Å². The van der Waals surface area contributed by atoms with E-state index < -0.39 is 0 Å². The summed E-state index contributed by atoms with van der Waals surface area (Å²) in [5.74, 6) is 0.643. The summed E-state index contributed by atoms with van der Waals surface area (Å²) in [6.07, 6.45) is 4.42. The van der Waals surface area contributed by atoms with Gasteiger partial charge < -0.3 is 10.2 Å². The van der Waals surface area contributed by atoms with Crippen LogP contribution in [-0.2, 0) is 16.1 Å². The van der Waals surface area contributed by atoms with Crippen LogP contribution < -0.4 is 5.32 Å². The van der Waals surface area contributed by atoms with Gasteiger partial charge in [-0.1, -0.05) is 42.8 Å². The molecule has 2 aliphatic rings. The largest absolute Gasteiger partial charge is 0.351 e. The van der Waals surface area contributed by atoms with E-state index in [-0.39, 0.29) is 29.3 Å². The Hall–Kier alpha value is -1.79. The van der Waals surface area contributed by atoms with Crippen LogP contribution in [0.25, 0.3) is 0 Å². The number of likely N-dealkylation sites (tertiary alicyclic amines) is 1. The standard InChI is InChI=1S/C23H33N3O2S/c1-4-22-26(21(27)14-17(2)3)20(16-29-22)23(28)24-19-10-12-25(13-11-19)15-18-8-6-5-7-9-18/h5-9,14,19-20,22H,4,10-13,15-16H2,1-3H3,(H,24,28). The molecular formula is C23H33N3O2S. The quantitative estimate of drug-likeness (QED) is 0.724. The third-order valence-corrected chi connectivity index (χ3v) is 7.05.